The fraction of sp³-hybridized carbons (Fsp3) is 0.200. The lowest BCUT2D eigenvalue weighted by Crippen LogP contribution is -2.29. The number of benzene rings is 1. The maximum atomic E-state index is 12.9. The third-order valence-electron chi connectivity index (χ3n) is 4.29. The molecule has 0 aliphatic carbocycles. The molecule has 7 heteroatoms. The molecule has 1 atom stereocenters. The Labute approximate surface area is 161 Å². The molecule has 2 amide bonds. The van der Waals surface area contributed by atoms with Crippen LogP contribution in [0.15, 0.2) is 59.2 Å². The summed E-state index contributed by atoms with van der Waals surface area (Å²) in [6.45, 7) is 1.95. The van der Waals surface area contributed by atoms with Gasteiger partial charge in [0.25, 0.3) is 11.8 Å². The van der Waals surface area contributed by atoms with Crippen LogP contribution < -0.4 is 10.1 Å². The topological polar surface area (TPSA) is 71.8 Å². The Morgan fingerprint density at radius 2 is 1.93 bits per heavy atom. The smallest absolute Gasteiger partial charge is 0.291 e. The second-order valence-electron chi connectivity index (χ2n) is 5.93. The number of nitrogens with zero attached hydrogens (tertiary/aromatic N) is 1. The summed E-state index contributed by atoms with van der Waals surface area (Å²) >= 11 is 1.22. The van der Waals surface area contributed by atoms with Gasteiger partial charge in [0.15, 0.2) is 5.76 Å². The molecule has 1 N–H and O–H groups in total. The van der Waals surface area contributed by atoms with Crippen molar-refractivity contribution in [3.05, 3.63) is 71.0 Å². The number of carbonyl (C=O) groups excluding carboxylic acids is 2. The number of hydrogen-bond donors (Lipinski definition) is 1. The van der Waals surface area contributed by atoms with Crippen LogP contribution >= 0.6 is 11.3 Å². The molecule has 0 saturated heterocycles. The van der Waals surface area contributed by atoms with Crippen LogP contribution in [-0.2, 0) is 0 Å². The number of nitrogens with one attached hydrogen (secondary N) is 1. The van der Waals surface area contributed by atoms with Gasteiger partial charge in [-0.15, -0.1) is 11.3 Å². The molecule has 0 aliphatic heterocycles. The average Bonchev–Trinajstić information content (AvgIpc) is 3.38. The highest BCUT2D eigenvalue weighted by atomic mass is 32.1. The number of rotatable bonds is 6. The summed E-state index contributed by atoms with van der Waals surface area (Å²) in [6, 6.07) is 14.1. The zero-order valence-electron chi connectivity index (χ0n) is 15.3. The van der Waals surface area contributed by atoms with Gasteiger partial charge in [0.1, 0.15) is 5.75 Å². The van der Waals surface area contributed by atoms with E-state index in [0.717, 1.165) is 11.3 Å². The summed E-state index contributed by atoms with van der Waals surface area (Å²) < 4.78 is 10.5. The number of amides is 2. The van der Waals surface area contributed by atoms with Gasteiger partial charge in [-0.3, -0.25) is 9.59 Å². The number of carbonyl (C=O) groups is 2. The summed E-state index contributed by atoms with van der Waals surface area (Å²) in [5.74, 6) is 0.480. The van der Waals surface area contributed by atoms with Crippen LogP contribution in [0.3, 0.4) is 0 Å². The molecule has 0 aliphatic rings. The first-order valence-electron chi connectivity index (χ1n) is 8.36. The first-order valence-corrected chi connectivity index (χ1v) is 9.17. The number of ether oxygens (including phenoxy) is 1. The van der Waals surface area contributed by atoms with Crippen molar-refractivity contribution in [3.63, 3.8) is 0 Å². The normalized spacial score (nSPS) is 11.7. The first-order chi connectivity index (χ1) is 13.0. The Morgan fingerprint density at radius 3 is 2.63 bits per heavy atom. The number of thiophene rings is 1. The number of furan rings is 1. The summed E-state index contributed by atoms with van der Waals surface area (Å²) in [6.07, 6.45) is 1.44. The van der Waals surface area contributed by atoms with E-state index in [9.17, 15) is 9.59 Å². The van der Waals surface area contributed by atoms with Crippen LogP contribution in [0, 0.1) is 0 Å². The van der Waals surface area contributed by atoms with Gasteiger partial charge < -0.3 is 19.4 Å². The highest BCUT2D eigenvalue weighted by Crippen LogP contribution is 2.31. The van der Waals surface area contributed by atoms with Gasteiger partial charge in [0.05, 0.1) is 29.3 Å². The molecule has 0 fully saturated rings. The van der Waals surface area contributed by atoms with Crippen molar-refractivity contribution in [2.24, 2.45) is 0 Å². The van der Waals surface area contributed by atoms with E-state index >= 15 is 0 Å². The Morgan fingerprint density at radius 1 is 1.15 bits per heavy atom. The minimum atomic E-state index is -0.350. The van der Waals surface area contributed by atoms with Crippen LogP contribution in [-0.4, -0.2) is 30.9 Å². The molecule has 27 heavy (non-hydrogen) atoms. The molecule has 0 radical (unpaired) electrons. The molecular formula is C20H20N2O4S. The fourth-order valence-corrected chi connectivity index (χ4v) is 3.56. The number of hydrogen-bond acceptors (Lipinski definition) is 5. The molecule has 2 aromatic heterocycles. The van der Waals surface area contributed by atoms with Gasteiger partial charge in [0.2, 0.25) is 0 Å². The second-order valence-corrected chi connectivity index (χ2v) is 7.01. The highest BCUT2D eigenvalue weighted by Gasteiger charge is 2.23. The molecule has 2 heterocycles. The number of para-hydroxylation sites is 1. The summed E-state index contributed by atoms with van der Waals surface area (Å²) in [5, 5.41) is 3.31. The molecule has 3 rings (SSSR count). The van der Waals surface area contributed by atoms with Crippen molar-refractivity contribution < 1.29 is 18.7 Å². The zero-order valence-corrected chi connectivity index (χ0v) is 16.1. The molecule has 140 valence electrons. The van der Waals surface area contributed by atoms with E-state index in [1.807, 2.05) is 31.2 Å². The quantitative estimate of drug-likeness (QED) is 0.682. The zero-order chi connectivity index (χ0) is 19.4. The van der Waals surface area contributed by atoms with Crippen LogP contribution in [0.2, 0.25) is 0 Å². The predicted octanol–water partition coefficient (Wildman–Crippen LogP) is 4.44. The van der Waals surface area contributed by atoms with Crippen molar-refractivity contribution in [2.45, 2.75) is 13.0 Å². The third-order valence-corrected chi connectivity index (χ3v) is 5.28. The molecule has 0 saturated carbocycles. The van der Waals surface area contributed by atoms with Gasteiger partial charge in [-0.1, -0.05) is 18.2 Å². The van der Waals surface area contributed by atoms with E-state index in [1.165, 1.54) is 17.6 Å². The summed E-state index contributed by atoms with van der Waals surface area (Å²) in [4.78, 5) is 27.1. The Kier molecular flexibility index (Phi) is 5.61. The Balaban J connectivity index is 1.72. The van der Waals surface area contributed by atoms with Crippen LogP contribution in [0.1, 0.15) is 38.8 Å². The van der Waals surface area contributed by atoms with Gasteiger partial charge in [-0.05, 0) is 37.3 Å². The standard InChI is InChI=1S/C20H20N2O4S/c1-13(14-7-4-5-8-15(14)25-3)22(2)20(24)17-10-11-18(27-17)21-19(23)16-9-6-12-26-16/h4-13H,1-3H3,(H,21,23). The first kappa shape index (κ1) is 18.7. The monoisotopic (exact) mass is 384 g/mol. The molecule has 0 bridgehead atoms. The lowest BCUT2D eigenvalue weighted by molar-refractivity contribution is 0.0745. The van der Waals surface area contributed by atoms with Gasteiger partial charge in [-0.25, -0.2) is 0 Å². The van der Waals surface area contributed by atoms with Crippen molar-refractivity contribution in [2.75, 3.05) is 19.5 Å². The molecule has 0 spiro atoms. The molecule has 1 aromatic carbocycles. The van der Waals surface area contributed by atoms with Gasteiger partial charge in [0, 0.05) is 12.6 Å². The van der Waals surface area contributed by atoms with Crippen LogP contribution in [0.4, 0.5) is 5.00 Å². The fourth-order valence-electron chi connectivity index (χ4n) is 2.67. The van der Waals surface area contributed by atoms with Gasteiger partial charge in [-0.2, -0.15) is 0 Å². The molecule has 6 nitrogen and oxygen atoms in total. The molecular weight excluding hydrogens is 364 g/mol. The third kappa shape index (κ3) is 4.03. The van der Waals surface area contributed by atoms with Crippen molar-refractivity contribution in [1.29, 1.82) is 0 Å². The van der Waals surface area contributed by atoms with E-state index in [-0.39, 0.29) is 23.6 Å². The number of methoxy groups -OCH3 is 1. The van der Waals surface area contributed by atoms with Crippen LogP contribution in [0.25, 0.3) is 0 Å². The van der Waals surface area contributed by atoms with Crippen molar-refractivity contribution >= 4 is 28.2 Å². The maximum Gasteiger partial charge on any atom is 0.291 e. The van der Waals surface area contributed by atoms with E-state index < -0.39 is 0 Å². The Hall–Kier alpha value is -3.06. The van der Waals surface area contributed by atoms with Crippen LogP contribution in [0.5, 0.6) is 5.75 Å². The minimum absolute atomic E-state index is 0.128. The largest absolute Gasteiger partial charge is 0.496 e. The highest BCUT2D eigenvalue weighted by molar-refractivity contribution is 7.18. The molecule has 3 aromatic rings. The summed E-state index contributed by atoms with van der Waals surface area (Å²) in [5.41, 5.74) is 0.929. The number of anilines is 1. The van der Waals surface area contributed by atoms with E-state index in [4.69, 9.17) is 9.15 Å². The second kappa shape index (κ2) is 8.09. The molecule has 1 unspecified atom stereocenters. The van der Waals surface area contributed by atoms with E-state index in [2.05, 4.69) is 5.32 Å². The van der Waals surface area contributed by atoms with Crippen molar-refractivity contribution in [3.8, 4) is 5.75 Å². The maximum absolute atomic E-state index is 12.9. The lowest BCUT2D eigenvalue weighted by atomic mass is 10.1. The SMILES string of the molecule is COc1ccccc1C(C)N(C)C(=O)c1ccc(NC(=O)c2ccco2)s1. The lowest BCUT2D eigenvalue weighted by Gasteiger charge is -2.26. The predicted molar refractivity (Wildman–Crippen MR) is 104 cm³/mol. The van der Waals surface area contributed by atoms with Gasteiger partial charge >= 0.3 is 0 Å². The minimum Gasteiger partial charge on any atom is -0.496 e. The Bertz CT molecular complexity index is 933. The van der Waals surface area contributed by atoms with E-state index in [0.29, 0.717) is 9.88 Å². The average molecular weight is 384 g/mol. The van der Waals surface area contributed by atoms with E-state index in [1.54, 1.807) is 43.3 Å². The van der Waals surface area contributed by atoms with Crippen molar-refractivity contribution in [1.82, 2.24) is 4.90 Å². The summed E-state index contributed by atoms with van der Waals surface area (Å²) in [7, 11) is 3.36.